The van der Waals surface area contributed by atoms with Gasteiger partial charge in [0.2, 0.25) is 0 Å². The van der Waals surface area contributed by atoms with Gasteiger partial charge in [-0.05, 0) is 24.3 Å². The van der Waals surface area contributed by atoms with Gasteiger partial charge in [-0.15, -0.1) is 0 Å². The second-order valence-electron chi connectivity index (χ2n) is 3.44. The molecule has 0 bridgehead atoms. The standard InChI is InChI=1S/C13H12ClNO2/c1-16-12-6-10(14)7-13(8-12)17-9-11-4-2-3-5-15-11/h2-8H,9H2,1H3. The molecule has 0 saturated heterocycles. The number of benzene rings is 1. The summed E-state index contributed by atoms with van der Waals surface area (Å²) < 4.78 is 10.7. The maximum Gasteiger partial charge on any atom is 0.130 e. The third-order valence-corrected chi connectivity index (χ3v) is 2.41. The Morgan fingerprint density at radius 2 is 2.00 bits per heavy atom. The van der Waals surface area contributed by atoms with Gasteiger partial charge in [0, 0.05) is 17.3 Å². The summed E-state index contributed by atoms with van der Waals surface area (Å²) in [6.07, 6.45) is 1.73. The molecule has 0 fully saturated rings. The van der Waals surface area contributed by atoms with Crippen LogP contribution in [0.15, 0.2) is 42.6 Å². The molecular weight excluding hydrogens is 238 g/mol. The van der Waals surface area contributed by atoms with Crippen LogP contribution in [-0.2, 0) is 6.61 Å². The number of hydrogen-bond donors (Lipinski definition) is 0. The molecular formula is C13H12ClNO2. The maximum atomic E-state index is 5.93. The number of methoxy groups -OCH3 is 1. The van der Waals surface area contributed by atoms with Crippen LogP contribution in [0.2, 0.25) is 5.02 Å². The molecule has 4 heteroatoms. The van der Waals surface area contributed by atoms with Crippen LogP contribution in [0.4, 0.5) is 0 Å². The van der Waals surface area contributed by atoms with Gasteiger partial charge in [-0.1, -0.05) is 17.7 Å². The highest BCUT2D eigenvalue weighted by Crippen LogP contribution is 2.26. The fourth-order valence-electron chi connectivity index (χ4n) is 1.38. The second-order valence-corrected chi connectivity index (χ2v) is 3.87. The molecule has 1 aromatic heterocycles. The van der Waals surface area contributed by atoms with E-state index in [1.165, 1.54) is 0 Å². The Morgan fingerprint density at radius 1 is 1.18 bits per heavy atom. The number of aromatic nitrogens is 1. The fraction of sp³-hybridized carbons (Fsp3) is 0.154. The lowest BCUT2D eigenvalue weighted by atomic mass is 10.3. The summed E-state index contributed by atoms with van der Waals surface area (Å²) in [6.45, 7) is 0.407. The first-order chi connectivity index (χ1) is 8.28. The van der Waals surface area contributed by atoms with Crippen LogP contribution in [0, 0.1) is 0 Å². The van der Waals surface area contributed by atoms with Crippen LogP contribution in [0.5, 0.6) is 11.5 Å². The average molecular weight is 250 g/mol. The van der Waals surface area contributed by atoms with E-state index < -0.39 is 0 Å². The third-order valence-electron chi connectivity index (χ3n) is 2.19. The summed E-state index contributed by atoms with van der Waals surface area (Å²) >= 11 is 5.93. The van der Waals surface area contributed by atoms with E-state index in [0.717, 1.165) is 5.69 Å². The zero-order valence-electron chi connectivity index (χ0n) is 9.39. The number of pyridine rings is 1. The number of halogens is 1. The first kappa shape index (κ1) is 11.7. The van der Waals surface area contributed by atoms with Crippen LogP contribution in [0.1, 0.15) is 5.69 Å². The minimum atomic E-state index is 0.407. The Hall–Kier alpha value is -1.74. The van der Waals surface area contributed by atoms with Crippen molar-refractivity contribution in [1.82, 2.24) is 4.98 Å². The monoisotopic (exact) mass is 249 g/mol. The Bertz CT molecular complexity index is 488. The summed E-state index contributed by atoms with van der Waals surface area (Å²) in [5.41, 5.74) is 0.867. The molecule has 0 aliphatic rings. The molecule has 88 valence electrons. The lowest BCUT2D eigenvalue weighted by molar-refractivity contribution is 0.299. The van der Waals surface area contributed by atoms with Crippen molar-refractivity contribution < 1.29 is 9.47 Å². The van der Waals surface area contributed by atoms with E-state index in [9.17, 15) is 0 Å². The van der Waals surface area contributed by atoms with E-state index in [-0.39, 0.29) is 0 Å². The van der Waals surface area contributed by atoms with Gasteiger partial charge >= 0.3 is 0 Å². The zero-order valence-corrected chi connectivity index (χ0v) is 10.1. The summed E-state index contributed by atoms with van der Waals surface area (Å²) in [5.74, 6) is 1.34. The van der Waals surface area contributed by atoms with E-state index >= 15 is 0 Å². The third kappa shape index (κ3) is 3.36. The smallest absolute Gasteiger partial charge is 0.130 e. The molecule has 2 aromatic rings. The van der Waals surface area contributed by atoms with Crippen molar-refractivity contribution >= 4 is 11.6 Å². The molecule has 1 aromatic carbocycles. The van der Waals surface area contributed by atoms with Crippen molar-refractivity contribution in [2.24, 2.45) is 0 Å². The van der Waals surface area contributed by atoms with Gasteiger partial charge in [0.1, 0.15) is 18.1 Å². The predicted molar refractivity (Wildman–Crippen MR) is 66.6 cm³/mol. The molecule has 0 N–H and O–H groups in total. The molecule has 0 atom stereocenters. The van der Waals surface area contributed by atoms with E-state index in [1.807, 2.05) is 18.2 Å². The summed E-state index contributed by atoms with van der Waals surface area (Å²) in [7, 11) is 1.59. The Kier molecular flexibility index (Phi) is 3.83. The van der Waals surface area contributed by atoms with Crippen molar-refractivity contribution in [3.63, 3.8) is 0 Å². The minimum absolute atomic E-state index is 0.407. The highest BCUT2D eigenvalue weighted by atomic mass is 35.5. The molecule has 0 radical (unpaired) electrons. The molecule has 0 aliphatic heterocycles. The highest BCUT2D eigenvalue weighted by molar-refractivity contribution is 6.30. The molecule has 2 rings (SSSR count). The van der Waals surface area contributed by atoms with E-state index in [0.29, 0.717) is 23.1 Å². The van der Waals surface area contributed by atoms with E-state index in [4.69, 9.17) is 21.1 Å². The minimum Gasteiger partial charge on any atom is -0.497 e. The second kappa shape index (κ2) is 5.55. The summed E-state index contributed by atoms with van der Waals surface area (Å²) in [4.78, 5) is 4.17. The van der Waals surface area contributed by atoms with Gasteiger partial charge in [0.15, 0.2) is 0 Å². The first-order valence-electron chi connectivity index (χ1n) is 5.15. The van der Waals surface area contributed by atoms with Crippen molar-refractivity contribution in [3.8, 4) is 11.5 Å². The van der Waals surface area contributed by atoms with Gasteiger partial charge in [0.25, 0.3) is 0 Å². The van der Waals surface area contributed by atoms with Crippen LogP contribution >= 0.6 is 11.6 Å². The Morgan fingerprint density at radius 3 is 2.71 bits per heavy atom. The first-order valence-corrected chi connectivity index (χ1v) is 5.53. The van der Waals surface area contributed by atoms with Gasteiger partial charge in [-0.3, -0.25) is 4.98 Å². The van der Waals surface area contributed by atoms with Crippen LogP contribution in [0.3, 0.4) is 0 Å². The number of nitrogens with zero attached hydrogens (tertiary/aromatic N) is 1. The lowest BCUT2D eigenvalue weighted by Gasteiger charge is -2.08. The quantitative estimate of drug-likeness (QED) is 0.833. The van der Waals surface area contributed by atoms with Crippen LogP contribution in [-0.4, -0.2) is 12.1 Å². The topological polar surface area (TPSA) is 31.4 Å². The molecule has 0 spiro atoms. The Balaban J connectivity index is 2.06. The molecule has 1 heterocycles. The van der Waals surface area contributed by atoms with E-state index in [1.54, 1.807) is 31.5 Å². The van der Waals surface area contributed by atoms with Gasteiger partial charge < -0.3 is 9.47 Å². The average Bonchev–Trinajstić information content (AvgIpc) is 2.37. The number of rotatable bonds is 4. The van der Waals surface area contributed by atoms with Crippen molar-refractivity contribution in [3.05, 3.63) is 53.3 Å². The molecule has 0 aliphatic carbocycles. The van der Waals surface area contributed by atoms with Crippen molar-refractivity contribution in [1.29, 1.82) is 0 Å². The van der Waals surface area contributed by atoms with Crippen molar-refractivity contribution in [2.75, 3.05) is 7.11 Å². The molecule has 0 saturated carbocycles. The molecule has 3 nitrogen and oxygen atoms in total. The lowest BCUT2D eigenvalue weighted by Crippen LogP contribution is -1.97. The number of ether oxygens (including phenoxy) is 2. The van der Waals surface area contributed by atoms with Crippen LogP contribution in [0.25, 0.3) is 0 Å². The largest absolute Gasteiger partial charge is 0.497 e. The highest BCUT2D eigenvalue weighted by Gasteiger charge is 2.01. The van der Waals surface area contributed by atoms with Gasteiger partial charge in [0.05, 0.1) is 12.8 Å². The van der Waals surface area contributed by atoms with Crippen molar-refractivity contribution in [2.45, 2.75) is 6.61 Å². The van der Waals surface area contributed by atoms with Crippen LogP contribution < -0.4 is 9.47 Å². The normalized spacial score (nSPS) is 10.0. The predicted octanol–water partition coefficient (Wildman–Crippen LogP) is 3.32. The van der Waals surface area contributed by atoms with E-state index in [2.05, 4.69) is 4.98 Å². The zero-order chi connectivity index (χ0) is 12.1. The summed E-state index contributed by atoms with van der Waals surface area (Å²) in [5, 5.41) is 0.584. The van der Waals surface area contributed by atoms with Gasteiger partial charge in [-0.2, -0.15) is 0 Å². The number of hydrogen-bond acceptors (Lipinski definition) is 3. The maximum absolute atomic E-state index is 5.93. The molecule has 0 unspecified atom stereocenters. The Labute approximate surface area is 105 Å². The molecule has 17 heavy (non-hydrogen) atoms. The fourth-order valence-corrected chi connectivity index (χ4v) is 1.59. The SMILES string of the molecule is COc1cc(Cl)cc(OCc2ccccn2)c1. The molecule has 0 amide bonds. The summed E-state index contributed by atoms with van der Waals surface area (Å²) in [6, 6.07) is 11.0. The van der Waals surface area contributed by atoms with Gasteiger partial charge in [-0.25, -0.2) is 0 Å².